The molecule has 5 rings (SSSR count). The van der Waals surface area contributed by atoms with Crippen LogP contribution in [0.5, 0.6) is 0 Å². The van der Waals surface area contributed by atoms with E-state index in [1.165, 1.54) is 0 Å². The summed E-state index contributed by atoms with van der Waals surface area (Å²) in [4.78, 5) is 19.6. The first-order valence-corrected chi connectivity index (χ1v) is 10.8. The molecule has 1 amide bonds. The number of para-hydroxylation sites is 2. The van der Waals surface area contributed by atoms with Crippen LogP contribution in [0, 0.1) is 0 Å². The van der Waals surface area contributed by atoms with Gasteiger partial charge in [0.15, 0.2) is 0 Å². The van der Waals surface area contributed by atoms with Crippen LogP contribution in [0.25, 0.3) is 17.1 Å². The van der Waals surface area contributed by atoms with E-state index in [4.69, 9.17) is 16.6 Å². The summed E-state index contributed by atoms with van der Waals surface area (Å²) >= 11 is 6.15. The quantitative estimate of drug-likeness (QED) is 0.396. The van der Waals surface area contributed by atoms with Gasteiger partial charge in [-0.3, -0.25) is 4.79 Å². The van der Waals surface area contributed by atoms with E-state index in [2.05, 4.69) is 34.9 Å². The third-order valence-electron chi connectivity index (χ3n) is 5.69. The van der Waals surface area contributed by atoms with Crippen molar-refractivity contribution in [2.24, 2.45) is 0 Å². The van der Waals surface area contributed by atoms with Crippen molar-refractivity contribution in [1.82, 2.24) is 9.55 Å². The van der Waals surface area contributed by atoms with E-state index in [9.17, 15) is 4.79 Å². The Kier molecular flexibility index (Phi) is 5.31. The molecule has 0 bridgehead atoms. The molecule has 1 unspecified atom stereocenters. The molecule has 1 aliphatic rings. The van der Waals surface area contributed by atoms with Gasteiger partial charge in [-0.2, -0.15) is 0 Å². The summed E-state index contributed by atoms with van der Waals surface area (Å²) in [7, 11) is 0. The lowest BCUT2D eigenvalue weighted by Gasteiger charge is -2.17. The van der Waals surface area contributed by atoms with Crippen molar-refractivity contribution in [3.63, 3.8) is 0 Å². The van der Waals surface area contributed by atoms with E-state index in [1.807, 2.05) is 65.6 Å². The average molecular weight is 428 g/mol. The maximum Gasteiger partial charge on any atom is 0.227 e. The standard InChI is InChI=1S/C26H22ClN3O/c27-21-11-6-12-22(17-21)30-18-20(16-25(30)31)26-28-23-13-4-5-14-24(23)29(26)15-7-10-19-8-2-1-3-9-19/h1-14,17,20H,15-16,18H2/b10-7+. The number of allylic oxidation sites excluding steroid dienone is 1. The molecule has 154 valence electrons. The third-order valence-corrected chi connectivity index (χ3v) is 5.93. The highest BCUT2D eigenvalue weighted by Gasteiger charge is 2.34. The molecule has 0 N–H and O–H groups in total. The number of nitrogens with zero attached hydrogens (tertiary/aromatic N) is 3. The molecule has 4 aromatic rings. The number of imidazole rings is 1. The number of fused-ring (bicyclic) bond motifs is 1. The summed E-state index contributed by atoms with van der Waals surface area (Å²) in [5.74, 6) is 1.09. The van der Waals surface area contributed by atoms with Crippen LogP contribution < -0.4 is 4.90 Å². The molecular formula is C26H22ClN3O. The van der Waals surface area contributed by atoms with Crippen LogP contribution in [0.1, 0.15) is 23.7 Å². The zero-order chi connectivity index (χ0) is 21.2. The van der Waals surface area contributed by atoms with Gasteiger partial charge in [0.2, 0.25) is 5.91 Å². The van der Waals surface area contributed by atoms with E-state index >= 15 is 0 Å². The zero-order valence-electron chi connectivity index (χ0n) is 17.0. The first kappa shape index (κ1) is 19.6. The van der Waals surface area contributed by atoms with E-state index < -0.39 is 0 Å². The Bertz CT molecular complexity index is 1260. The number of halogens is 1. The fraction of sp³-hybridized carbons (Fsp3) is 0.154. The van der Waals surface area contributed by atoms with Crippen LogP contribution in [-0.2, 0) is 11.3 Å². The number of benzene rings is 3. The van der Waals surface area contributed by atoms with Gasteiger partial charge in [-0.05, 0) is 35.9 Å². The lowest BCUT2D eigenvalue weighted by Crippen LogP contribution is -2.24. The molecule has 4 nitrogen and oxygen atoms in total. The smallest absolute Gasteiger partial charge is 0.227 e. The topological polar surface area (TPSA) is 38.1 Å². The number of amides is 1. The van der Waals surface area contributed by atoms with E-state index in [1.54, 1.807) is 0 Å². The van der Waals surface area contributed by atoms with Crippen LogP contribution >= 0.6 is 11.6 Å². The molecule has 0 spiro atoms. The van der Waals surface area contributed by atoms with Crippen LogP contribution in [0.2, 0.25) is 5.02 Å². The van der Waals surface area contributed by atoms with Crippen molar-refractivity contribution in [3.8, 4) is 0 Å². The highest BCUT2D eigenvalue weighted by atomic mass is 35.5. The minimum absolute atomic E-state index is 0.0315. The minimum atomic E-state index is 0.0315. The zero-order valence-corrected chi connectivity index (χ0v) is 17.7. The summed E-state index contributed by atoms with van der Waals surface area (Å²) in [5, 5.41) is 0.632. The molecule has 1 atom stereocenters. The summed E-state index contributed by atoms with van der Waals surface area (Å²) in [6.45, 7) is 1.30. The fourth-order valence-electron chi connectivity index (χ4n) is 4.23. The molecule has 0 aliphatic carbocycles. The number of carbonyl (C=O) groups excluding carboxylic acids is 1. The first-order chi connectivity index (χ1) is 15.2. The predicted molar refractivity (Wildman–Crippen MR) is 126 cm³/mol. The second-order valence-electron chi connectivity index (χ2n) is 7.77. The van der Waals surface area contributed by atoms with E-state index in [-0.39, 0.29) is 11.8 Å². The van der Waals surface area contributed by atoms with Crippen molar-refractivity contribution in [2.75, 3.05) is 11.4 Å². The number of hydrogen-bond donors (Lipinski definition) is 0. The Hall–Kier alpha value is -3.37. The molecule has 1 aromatic heterocycles. The molecule has 31 heavy (non-hydrogen) atoms. The number of carbonyl (C=O) groups is 1. The van der Waals surface area contributed by atoms with Gasteiger partial charge < -0.3 is 9.47 Å². The van der Waals surface area contributed by atoms with Gasteiger partial charge in [0.05, 0.1) is 11.0 Å². The molecule has 5 heteroatoms. The first-order valence-electron chi connectivity index (χ1n) is 10.4. The SMILES string of the molecule is O=C1CC(c2nc3ccccc3n2C/C=C/c2ccccc2)CN1c1cccc(Cl)c1. The van der Waals surface area contributed by atoms with Crippen molar-refractivity contribution in [1.29, 1.82) is 0 Å². The van der Waals surface area contributed by atoms with Crippen LogP contribution in [0.15, 0.2) is 84.9 Å². The van der Waals surface area contributed by atoms with Gasteiger partial charge in [-0.1, -0.05) is 72.3 Å². The Morgan fingerprint density at radius 2 is 1.81 bits per heavy atom. The molecule has 0 radical (unpaired) electrons. The van der Waals surface area contributed by atoms with Gasteiger partial charge in [0.1, 0.15) is 5.82 Å². The van der Waals surface area contributed by atoms with E-state index in [0.717, 1.165) is 28.1 Å². The summed E-state index contributed by atoms with van der Waals surface area (Å²) in [6, 6.07) is 25.9. The molecule has 1 aliphatic heterocycles. The normalized spacial score (nSPS) is 16.6. The van der Waals surface area contributed by atoms with Crippen molar-refractivity contribution < 1.29 is 4.79 Å². The van der Waals surface area contributed by atoms with Crippen LogP contribution in [0.4, 0.5) is 5.69 Å². The third kappa shape index (κ3) is 3.99. The Balaban J connectivity index is 1.46. The maximum absolute atomic E-state index is 12.8. The van der Waals surface area contributed by atoms with Gasteiger partial charge in [0, 0.05) is 36.1 Å². The van der Waals surface area contributed by atoms with Crippen molar-refractivity contribution >= 4 is 40.3 Å². The summed E-state index contributed by atoms with van der Waals surface area (Å²) in [6.07, 6.45) is 4.72. The Morgan fingerprint density at radius 1 is 1.00 bits per heavy atom. The molecular weight excluding hydrogens is 406 g/mol. The largest absolute Gasteiger partial charge is 0.324 e. The lowest BCUT2D eigenvalue weighted by atomic mass is 10.1. The monoisotopic (exact) mass is 427 g/mol. The summed E-state index contributed by atoms with van der Waals surface area (Å²) in [5.41, 5.74) is 4.05. The molecule has 1 saturated heterocycles. The maximum atomic E-state index is 12.8. The fourth-order valence-corrected chi connectivity index (χ4v) is 4.41. The molecule has 2 heterocycles. The lowest BCUT2D eigenvalue weighted by molar-refractivity contribution is -0.117. The van der Waals surface area contributed by atoms with Crippen LogP contribution in [-0.4, -0.2) is 22.0 Å². The average Bonchev–Trinajstić information content (AvgIpc) is 3.35. The Labute approximate surface area is 186 Å². The number of aromatic nitrogens is 2. The van der Waals surface area contributed by atoms with E-state index in [0.29, 0.717) is 24.5 Å². The summed E-state index contributed by atoms with van der Waals surface area (Å²) < 4.78 is 2.23. The number of hydrogen-bond acceptors (Lipinski definition) is 2. The molecule has 3 aromatic carbocycles. The highest BCUT2D eigenvalue weighted by Crippen LogP contribution is 2.34. The van der Waals surface area contributed by atoms with Gasteiger partial charge >= 0.3 is 0 Å². The van der Waals surface area contributed by atoms with Crippen LogP contribution in [0.3, 0.4) is 0 Å². The Morgan fingerprint density at radius 3 is 2.65 bits per heavy atom. The minimum Gasteiger partial charge on any atom is -0.324 e. The van der Waals surface area contributed by atoms with Crippen molar-refractivity contribution in [3.05, 3.63) is 101 Å². The van der Waals surface area contributed by atoms with Gasteiger partial charge in [-0.15, -0.1) is 0 Å². The molecule has 1 fully saturated rings. The van der Waals surface area contributed by atoms with Gasteiger partial charge in [-0.25, -0.2) is 4.98 Å². The second-order valence-corrected chi connectivity index (χ2v) is 8.20. The number of anilines is 1. The highest BCUT2D eigenvalue weighted by molar-refractivity contribution is 6.30. The number of rotatable bonds is 5. The van der Waals surface area contributed by atoms with Crippen molar-refractivity contribution in [2.45, 2.75) is 18.9 Å². The predicted octanol–water partition coefficient (Wildman–Crippen LogP) is 5.92. The molecule has 0 saturated carbocycles. The second kappa shape index (κ2) is 8.40. The van der Waals surface area contributed by atoms with Gasteiger partial charge in [0.25, 0.3) is 0 Å².